The van der Waals surface area contributed by atoms with Crippen LogP contribution in [0.25, 0.3) is 0 Å². The van der Waals surface area contributed by atoms with Crippen molar-refractivity contribution in [1.82, 2.24) is 4.31 Å². The van der Waals surface area contributed by atoms with Crippen LogP contribution >= 0.6 is 11.3 Å². The zero-order valence-electron chi connectivity index (χ0n) is 17.3. The molecule has 2 heterocycles. The number of sulfonamides is 1. The molecule has 1 aliphatic heterocycles. The van der Waals surface area contributed by atoms with E-state index in [1.54, 1.807) is 12.1 Å². The summed E-state index contributed by atoms with van der Waals surface area (Å²) in [4.78, 5) is 15.1. The maximum atomic E-state index is 13.1. The summed E-state index contributed by atoms with van der Waals surface area (Å²) < 4.78 is 33.3. The van der Waals surface area contributed by atoms with Crippen LogP contribution in [0.2, 0.25) is 0 Å². The molecular weight excluding hydrogens is 420 g/mol. The Morgan fingerprint density at radius 3 is 2.60 bits per heavy atom. The molecule has 0 atom stereocenters. The van der Waals surface area contributed by atoms with Gasteiger partial charge in [0.05, 0.1) is 22.1 Å². The molecule has 2 aliphatic rings. The van der Waals surface area contributed by atoms with Gasteiger partial charge in [-0.15, -0.1) is 11.3 Å². The minimum atomic E-state index is -3.59. The average molecular weight is 449 g/mol. The van der Waals surface area contributed by atoms with E-state index in [0.29, 0.717) is 36.0 Å². The molecule has 0 spiro atoms. The van der Waals surface area contributed by atoms with Crippen molar-refractivity contribution in [1.29, 1.82) is 0 Å². The number of ether oxygens (including phenoxy) is 1. The number of anilines is 1. The van der Waals surface area contributed by atoms with Crippen LogP contribution in [0, 0.1) is 0 Å². The molecule has 1 aliphatic carbocycles. The first-order chi connectivity index (χ1) is 14.5. The highest BCUT2D eigenvalue weighted by atomic mass is 32.2. The van der Waals surface area contributed by atoms with Crippen LogP contribution in [0.4, 0.5) is 5.69 Å². The Labute approximate surface area is 182 Å². The molecule has 6 nitrogen and oxygen atoms in total. The minimum absolute atomic E-state index is 0.189. The van der Waals surface area contributed by atoms with Crippen molar-refractivity contribution in [3.8, 4) is 5.75 Å². The highest BCUT2D eigenvalue weighted by molar-refractivity contribution is 7.89. The second-order valence-corrected chi connectivity index (χ2v) is 10.9. The first kappa shape index (κ1) is 21.3. The van der Waals surface area contributed by atoms with E-state index in [1.807, 2.05) is 13.0 Å². The van der Waals surface area contributed by atoms with Crippen LogP contribution in [-0.4, -0.2) is 38.3 Å². The molecule has 0 unspecified atom stereocenters. The van der Waals surface area contributed by atoms with Crippen LogP contribution < -0.4 is 10.1 Å². The third-order valence-corrected chi connectivity index (χ3v) is 8.80. The third-order valence-electron chi connectivity index (χ3n) is 5.67. The Kier molecular flexibility index (Phi) is 6.46. The third kappa shape index (κ3) is 4.40. The van der Waals surface area contributed by atoms with Gasteiger partial charge in [-0.1, -0.05) is 6.42 Å². The largest absolute Gasteiger partial charge is 0.492 e. The first-order valence-corrected chi connectivity index (χ1v) is 12.9. The lowest BCUT2D eigenvalue weighted by atomic mass is 9.99. The molecule has 1 aromatic carbocycles. The van der Waals surface area contributed by atoms with Gasteiger partial charge in [0.1, 0.15) is 5.75 Å². The Hall–Kier alpha value is -1.90. The molecule has 8 heteroatoms. The lowest BCUT2D eigenvalue weighted by Crippen LogP contribution is -2.35. The van der Waals surface area contributed by atoms with Crippen LogP contribution in [0.1, 0.15) is 59.1 Å². The first-order valence-electron chi connectivity index (χ1n) is 10.7. The monoisotopic (exact) mass is 448 g/mol. The van der Waals surface area contributed by atoms with Gasteiger partial charge < -0.3 is 10.1 Å². The average Bonchev–Trinajstić information content (AvgIpc) is 3.20. The maximum Gasteiger partial charge on any atom is 0.265 e. The summed E-state index contributed by atoms with van der Waals surface area (Å²) in [5.41, 5.74) is 1.66. The fraction of sp³-hybridized carbons (Fsp3) is 0.500. The molecule has 0 bridgehead atoms. The van der Waals surface area contributed by atoms with Crippen molar-refractivity contribution < 1.29 is 17.9 Å². The molecule has 2 aromatic rings. The molecule has 1 aromatic heterocycles. The predicted octanol–water partition coefficient (Wildman–Crippen LogP) is 4.45. The Balaban J connectivity index is 1.61. The fourth-order valence-corrected chi connectivity index (χ4v) is 6.78. The Morgan fingerprint density at radius 2 is 1.87 bits per heavy atom. The van der Waals surface area contributed by atoms with Crippen molar-refractivity contribution in [2.24, 2.45) is 0 Å². The topological polar surface area (TPSA) is 75.7 Å². The van der Waals surface area contributed by atoms with E-state index in [4.69, 9.17) is 4.74 Å². The van der Waals surface area contributed by atoms with Crippen molar-refractivity contribution in [2.45, 2.75) is 56.8 Å². The van der Waals surface area contributed by atoms with E-state index in [2.05, 4.69) is 5.32 Å². The van der Waals surface area contributed by atoms with Gasteiger partial charge >= 0.3 is 0 Å². The van der Waals surface area contributed by atoms with Gasteiger partial charge in [-0.2, -0.15) is 4.31 Å². The standard InChI is InChI=1S/C22H28N2O4S2/c1-2-28-19-11-10-17(30(26,27)24-12-6-3-7-13-24)15-18(19)23-22(25)21-14-16-8-4-5-9-20(16)29-21/h10-11,14-15H,2-9,12-13H2,1H3,(H,23,25). The smallest absolute Gasteiger partial charge is 0.265 e. The van der Waals surface area contributed by atoms with E-state index < -0.39 is 10.0 Å². The number of hydrogen-bond donors (Lipinski definition) is 1. The maximum absolute atomic E-state index is 13.1. The number of hydrogen-bond acceptors (Lipinski definition) is 5. The van der Waals surface area contributed by atoms with Gasteiger partial charge in [-0.3, -0.25) is 4.79 Å². The number of aryl methyl sites for hydroxylation is 2. The van der Waals surface area contributed by atoms with Crippen molar-refractivity contribution in [3.05, 3.63) is 39.6 Å². The molecule has 1 saturated heterocycles. The molecule has 1 amide bonds. The normalized spacial score (nSPS) is 17.4. The summed E-state index contributed by atoms with van der Waals surface area (Å²) >= 11 is 1.54. The Bertz CT molecular complexity index is 1000. The van der Waals surface area contributed by atoms with Gasteiger partial charge in [0.15, 0.2) is 0 Å². The summed E-state index contributed by atoms with van der Waals surface area (Å²) in [5.74, 6) is 0.257. The number of benzene rings is 1. The minimum Gasteiger partial charge on any atom is -0.492 e. The van der Waals surface area contributed by atoms with Gasteiger partial charge in [0.25, 0.3) is 5.91 Å². The van der Waals surface area contributed by atoms with E-state index >= 15 is 0 Å². The molecular formula is C22H28N2O4S2. The van der Waals surface area contributed by atoms with Crippen molar-refractivity contribution in [2.75, 3.05) is 25.0 Å². The number of amides is 1. The van der Waals surface area contributed by atoms with E-state index in [9.17, 15) is 13.2 Å². The number of rotatable bonds is 6. The van der Waals surface area contributed by atoms with Crippen molar-refractivity contribution >= 4 is 33.0 Å². The number of carbonyl (C=O) groups is 1. The Morgan fingerprint density at radius 1 is 1.10 bits per heavy atom. The summed E-state index contributed by atoms with van der Waals surface area (Å²) in [6.45, 7) is 3.36. The second kappa shape index (κ2) is 9.08. The lowest BCUT2D eigenvalue weighted by molar-refractivity contribution is 0.103. The summed E-state index contributed by atoms with van der Waals surface area (Å²) in [6.07, 6.45) is 7.19. The number of nitrogens with zero attached hydrogens (tertiary/aromatic N) is 1. The molecule has 162 valence electrons. The van der Waals surface area contributed by atoms with Gasteiger partial charge in [0.2, 0.25) is 10.0 Å². The summed E-state index contributed by atoms with van der Waals surface area (Å²) in [5, 5.41) is 2.90. The highest BCUT2D eigenvalue weighted by Gasteiger charge is 2.27. The zero-order valence-corrected chi connectivity index (χ0v) is 18.9. The van der Waals surface area contributed by atoms with Gasteiger partial charge in [-0.25, -0.2) is 8.42 Å². The van der Waals surface area contributed by atoms with Crippen LogP contribution in [-0.2, 0) is 22.9 Å². The molecule has 0 radical (unpaired) electrons. The van der Waals surface area contributed by atoms with Gasteiger partial charge in [0, 0.05) is 18.0 Å². The summed E-state index contributed by atoms with van der Waals surface area (Å²) in [7, 11) is -3.59. The number of piperidine rings is 1. The number of fused-ring (bicyclic) bond motifs is 1. The number of nitrogens with one attached hydrogen (secondary N) is 1. The van der Waals surface area contributed by atoms with Gasteiger partial charge in [-0.05, 0) is 75.3 Å². The molecule has 1 N–H and O–H groups in total. The molecule has 0 saturated carbocycles. The number of thiophene rings is 1. The second-order valence-electron chi connectivity index (χ2n) is 7.78. The SMILES string of the molecule is CCOc1ccc(S(=O)(=O)N2CCCCC2)cc1NC(=O)c1cc2c(s1)CCCC2. The van der Waals surface area contributed by atoms with Crippen molar-refractivity contribution in [3.63, 3.8) is 0 Å². The van der Waals surface area contributed by atoms with Crippen LogP contribution in [0.15, 0.2) is 29.2 Å². The van der Waals surface area contributed by atoms with E-state index in [0.717, 1.165) is 38.5 Å². The zero-order chi connectivity index (χ0) is 21.1. The molecule has 4 rings (SSSR count). The molecule has 1 fully saturated rings. The van der Waals surface area contributed by atoms with E-state index in [-0.39, 0.29) is 10.8 Å². The van der Waals surface area contributed by atoms with Crippen LogP contribution in [0.3, 0.4) is 0 Å². The quantitative estimate of drug-likeness (QED) is 0.708. The molecule has 30 heavy (non-hydrogen) atoms. The van der Waals surface area contributed by atoms with E-state index in [1.165, 1.54) is 38.6 Å². The number of carbonyl (C=O) groups excluding carboxylic acids is 1. The lowest BCUT2D eigenvalue weighted by Gasteiger charge is -2.26. The predicted molar refractivity (Wildman–Crippen MR) is 119 cm³/mol. The summed E-state index contributed by atoms with van der Waals surface area (Å²) in [6, 6.07) is 6.70. The van der Waals surface area contributed by atoms with Crippen LogP contribution in [0.5, 0.6) is 5.75 Å². The highest BCUT2D eigenvalue weighted by Crippen LogP contribution is 2.33. The fourth-order valence-electron chi connectivity index (χ4n) is 4.09.